The second-order valence-electron chi connectivity index (χ2n) is 3.37. The molecule has 2 nitrogen and oxygen atoms in total. The van der Waals surface area contributed by atoms with Gasteiger partial charge in [-0.1, -0.05) is 35.6 Å². The third-order valence-corrected chi connectivity index (χ3v) is 3.23. The topological polar surface area (TPSA) is 24.9 Å². The van der Waals surface area contributed by atoms with Gasteiger partial charge in [-0.05, 0) is 25.0 Å². The summed E-state index contributed by atoms with van der Waals surface area (Å²) < 4.78 is 0. The molecule has 3 heteroatoms. The molecule has 1 heterocycles. The molecular weight excluding hydrogens is 204 g/mol. The third-order valence-electron chi connectivity index (χ3n) is 2.24. The Kier molecular flexibility index (Phi) is 3.02. The summed E-state index contributed by atoms with van der Waals surface area (Å²) >= 11 is 1.70. The van der Waals surface area contributed by atoms with E-state index in [9.17, 15) is 0 Å². The predicted octanol–water partition coefficient (Wildman–Crippen LogP) is 3.55. The summed E-state index contributed by atoms with van der Waals surface area (Å²) in [5.41, 5.74) is 2.57. The highest BCUT2D eigenvalue weighted by molar-refractivity contribution is 7.18. The van der Waals surface area contributed by atoms with E-state index in [0.717, 1.165) is 11.7 Å². The van der Waals surface area contributed by atoms with Gasteiger partial charge in [0.05, 0.1) is 4.88 Å². The Morgan fingerprint density at radius 2 is 2.13 bits per heavy atom. The number of aromatic nitrogens is 1. The number of anilines is 1. The Bertz CT molecular complexity index is 448. The highest BCUT2D eigenvalue weighted by atomic mass is 32.1. The number of aryl methyl sites for hydroxylation is 1. The Hall–Kier alpha value is -1.35. The van der Waals surface area contributed by atoms with Crippen molar-refractivity contribution in [3.05, 3.63) is 36.0 Å². The van der Waals surface area contributed by atoms with Crippen LogP contribution in [0.15, 0.2) is 30.5 Å². The number of benzene rings is 1. The third kappa shape index (κ3) is 2.18. The molecule has 0 aliphatic heterocycles. The summed E-state index contributed by atoms with van der Waals surface area (Å²) in [6.45, 7) is 5.12. The molecule has 0 atom stereocenters. The van der Waals surface area contributed by atoms with Crippen LogP contribution in [0.2, 0.25) is 0 Å². The van der Waals surface area contributed by atoms with E-state index in [1.54, 1.807) is 11.3 Å². The van der Waals surface area contributed by atoms with E-state index in [0.29, 0.717) is 0 Å². The minimum atomic E-state index is 0.917. The van der Waals surface area contributed by atoms with Crippen molar-refractivity contribution in [2.24, 2.45) is 0 Å². The van der Waals surface area contributed by atoms with Crippen LogP contribution in [-0.2, 0) is 0 Å². The predicted molar refractivity (Wildman–Crippen MR) is 66.5 cm³/mol. The lowest BCUT2D eigenvalue weighted by molar-refractivity contribution is 1.19. The highest BCUT2D eigenvalue weighted by Gasteiger charge is 2.05. The molecule has 0 saturated carbocycles. The van der Waals surface area contributed by atoms with Crippen LogP contribution >= 0.6 is 11.3 Å². The maximum absolute atomic E-state index is 4.33. The molecule has 2 rings (SSSR count). The standard InChI is InChI=1S/C12H14N2S/c1-3-13-12-14-8-11(15-12)10-7-5-4-6-9(10)2/h4-8H,3H2,1-2H3,(H,13,14). The fourth-order valence-corrected chi connectivity index (χ4v) is 2.46. The zero-order valence-electron chi connectivity index (χ0n) is 8.95. The quantitative estimate of drug-likeness (QED) is 0.852. The van der Waals surface area contributed by atoms with Crippen molar-refractivity contribution in [3.63, 3.8) is 0 Å². The number of hydrogen-bond acceptors (Lipinski definition) is 3. The van der Waals surface area contributed by atoms with Crippen LogP contribution in [0.4, 0.5) is 5.13 Å². The Morgan fingerprint density at radius 3 is 2.87 bits per heavy atom. The van der Waals surface area contributed by atoms with E-state index in [2.05, 4.69) is 48.4 Å². The largest absolute Gasteiger partial charge is 0.362 e. The van der Waals surface area contributed by atoms with Gasteiger partial charge in [0.2, 0.25) is 0 Å². The maximum atomic E-state index is 4.33. The van der Waals surface area contributed by atoms with Crippen LogP contribution in [0.25, 0.3) is 10.4 Å². The second-order valence-corrected chi connectivity index (χ2v) is 4.41. The first kappa shape index (κ1) is 10.2. The van der Waals surface area contributed by atoms with Crippen LogP contribution < -0.4 is 5.32 Å². The van der Waals surface area contributed by atoms with Crippen LogP contribution in [0.1, 0.15) is 12.5 Å². The summed E-state index contributed by atoms with van der Waals surface area (Å²) in [7, 11) is 0. The molecule has 0 spiro atoms. The Morgan fingerprint density at radius 1 is 1.33 bits per heavy atom. The molecule has 15 heavy (non-hydrogen) atoms. The summed E-state index contributed by atoms with van der Waals surface area (Å²) in [6, 6.07) is 8.39. The molecule has 0 bridgehead atoms. The number of thiazole rings is 1. The van der Waals surface area contributed by atoms with E-state index < -0.39 is 0 Å². The maximum Gasteiger partial charge on any atom is 0.183 e. The Balaban J connectivity index is 2.33. The zero-order chi connectivity index (χ0) is 10.7. The lowest BCUT2D eigenvalue weighted by Crippen LogP contribution is -1.94. The Labute approximate surface area is 94.0 Å². The van der Waals surface area contributed by atoms with E-state index in [-0.39, 0.29) is 0 Å². The molecule has 0 fully saturated rings. The average molecular weight is 218 g/mol. The van der Waals surface area contributed by atoms with Gasteiger partial charge in [0.1, 0.15) is 0 Å². The SMILES string of the molecule is CCNc1ncc(-c2ccccc2C)s1. The molecule has 0 aliphatic rings. The number of nitrogens with one attached hydrogen (secondary N) is 1. The van der Waals surface area contributed by atoms with Crippen molar-refractivity contribution >= 4 is 16.5 Å². The van der Waals surface area contributed by atoms with Gasteiger partial charge in [-0.15, -0.1) is 0 Å². The molecule has 0 unspecified atom stereocenters. The van der Waals surface area contributed by atoms with Gasteiger partial charge in [0.15, 0.2) is 5.13 Å². The van der Waals surface area contributed by atoms with Crippen LogP contribution in [0, 0.1) is 6.92 Å². The monoisotopic (exact) mass is 218 g/mol. The van der Waals surface area contributed by atoms with Gasteiger partial charge < -0.3 is 5.32 Å². The molecule has 0 saturated heterocycles. The molecular formula is C12H14N2S. The second kappa shape index (κ2) is 4.45. The average Bonchev–Trinajstić information content (AvgIpc) is 2.68. The summed E-state index contributed by atoms with van der Waals surface area (Å²) in [4.78, 5) is 5.56. The number of hydrogen-bond donors (Lipinski definition) is 1. The van der Waals surface area contributed by atoms with Gasteiger partial charge in [0.25, 0.3) is 0 Å². The normalized spacial score (nSPS) is 10.3. The lowest BCUT2D eigenvalue weighted by Gasteiger charge is -2.00. The lowest BCUT2D eigenvalue weighted by atomic mass is 10.1. The molecule has 0 radical (unpaired) electrons. The van der Waals surface area contributed by atoms with Gasteiger partial charge in [0, 0.05) is 12.7 Å². The molecule has 1 N–H and O–H groups in total. The summed E-state index contributed by atoms with van der Waals surface area (Å²) in [5, 5.41) is 4.22. The minimum Gasteiger partial charge on any atom is -0.362 e. The van der Waals surface area contributed by atoms with E-state index in [4.69, 9.17) is 0 Å². The van der Waals surface area contributed by atoms with Crippen molar-refractivity contribution in [2.45, 2.75) is 13.8 Å². The zero-order valence-corrected chi connectivity index (χ0v) is 9.77. The van der Waals surface area contributed by atoms with Gasteiger partial charge >= 0.3 is 0 Å². The van der Waals surface area contributed by atoms with Crippen LogP contribution in [0.3, 0.4) is 0 Å². The number of rotatable bonds is 3. The fraction of sp³-hybridized carbons (Fsp3) is 0.250. The van der Waals surface area contributed by atoms with Gasteiger partial charge in [-0.2, -0.15) is 0 Å². The van der Waals surface area contributed by atoms with Crippen LogP contribution in [-0.4, -0.2) is 11.5 Å². The highest BCUT2D eigenvalue weighted by Crippen LogP contribution is 2.30. The minimum absolute atomic E-state index is 0.917. The van der Waals surface area contributed by atoms with Crippen molar-refractivity contribution in [3.8, 4) is 10.4 Å². The van der Waals surface area contributed by atoms with Crippen molar-refractivity contribution in [2.75, 3.05) is 11.9 Å². The first-order valence-electron chi connectivity index (χ1n) is 5.07. The van der Waals surface area contributed by atoms with E-state index in [1.807, 2.05) is 6.20 Å². The molecule has 1 aromatic heterocycles. The van der Waals surface area contributed by atoms with Crippen molar-refractivity contribution in [1.82, 2.24) is 4.98 Å². The van der Waals surface area contributed by atoms with Crippen LogP contribution in [0.5, 0.6) is 0 Å². The van der Waals surface area contributed by atoms with Crippen molar-refractivity contribution in [1.29, 1.82) is 0 Å². The first-order valence-corrected chi connectivity index (χ1v) is 5.88. The summed E-state index contributed by atoms with van der Waals surface area (Å²) in [6.07, 6.45) is 1.94. The molecule has 1 aromatic carbocycles. The van der Waals surface area contributed by atoms with E-state index in [1.165, 1.54) is 16.0 Å². The molecule has 0 amide bonds. The molecule has 78 valence electrons. The smallest absolute Gasteiger partial charge is 0.183 e. The molecule has 0 aliphatic carbocycles. The van der Waals surface area contributed by atoms with Crippen molar-refractivity contribution < 1.29 is 0 Å². The van der Waals surface area contributed by atoms with E-state index >= 15 is 0 Å². The first-order chi connectivity index (χ1) is 7.31. The van der Waals surface area contributed by atoms with Gasteiger partial charge in [-0.25, -0.2) is 4.98 Å². The summed E-state index contributed by atoms with van der Waals surface area (Å²) in [5.74, 6) is 0. The fourth-order valence-electron chi connectivity index (χ4n) is 1.48. The van der Waals surface area contributed by atoms with Gasteiger partial charge in [-0.3, -0.25) is 0 Å². The molecule has 2 aromatic rings. The number of nitrogens with zero attached hydrogens (tertiary/aromatic N) is 1.